The summed E-state index contributed by atoms with van der Waals surface area (Å²) >= 11 is 0. The van der Waals surface area contributed by atoms with E-state index < -0.39 is 137 Å². The number of nitrogens with one attached hydrogen (secondary N) is 10. The standard InChI is InChI=1S/C66H73F2N13O13/c1-35-59(87)76-50(25-41-32-73-49-18-14-43(68)28-47(41)49)55(82)26-39(24-40-31-72-48-17-13-42(67)27-46(40)48)61(89)77-53(30-57(84)85)63(91)78-52(29-44-33-70-34-74-44)62(90)79-54(23-37-9-15-45(94-3)16-10-37)64(92)81-21-5-19-66(81,2)65(93)80-51(58(69)86)22-36-7-11-38(12-8-36)60(88)71-20-4-6-56(83)75-35/h7-18,27-28,31-35,39,50-54,72-73H,4-6,19-26,29-30H2,1-3H3,(H2,69,86)(H,70,74)(H,71,88)(H,75,83)(H,76,87)(H,77,89)(H,78,91)(H,79,90)(H,80,93)(H,84,85)/t35-,39-,50+,51+,52+,53+,54+,66+/m1/s1. The molecule has 8 atom stereocenters. The van der Waals surface area contributed by atoms with E-state index in [2.05, 4.69) is 57.2 Å². The van der Waals surface area contributed by atoms with Crippen molar-refractivity contribution in [2.45, 2.75) is 126 Å². The van der Waals surface area contributed by atoms with Crippen molar-refractivity contribution in [2.75, 3.05) is 20.2 Å². The zero-order valence-electron chi connectivity index (χ0n) is 51.7. The molecule has 9 amide bonds. The van der Waals surface area contributed by atoms with E-state index in [0.717, 1.165) is 0 Å². The Morgan fingerprint density at radius 1 is 0.691 bits per heavy atom. The van der Waals surface area contributed by atoms with Gasteiger partial charge in [0.25, 0.3) is 5.91 Å². The molecule has 2 bridgehead atoms. The van der Waals surface area contributed by atoms with Crippen LogP contribution in [0.25, 0.3) is 21.8 Å². The fourth-order valence-electron chi connectivity index (χ4n) is 11.8. The number of imidazole rings is 1. The van der Waals surface area contributed by atoms with Crippen molar-refractivity contribution < 1.29 is 71.4 Å². The number of carbonyl (C=O) groups excluding carboxylic acids is 10. The molecule has 3 aliphatic rings. The highest BCUT2D eigenvalue weighted by atomic mass is 19.1. The Kier molecular flexibility index (Phi) is 21.6. The van der Waals surface area contributed by atoms with Gasteiger partial charge in [-0.05, 0) is 122 Å². The monoisotopic (exact) mass is 1290 g/mol. The molecule has 4 aromatic carbocycles. The fraction of sp³-hybridized carbons (Fsp3) is 0.364. The van der Waals surface area contributed by atoms with Crippen molar-refractivity contribution in [3.63, 3.8) is 0 Å². The van der Waals surface area contributed by atoms with Gasteiger partial charge in [-0.3, -0.25) is 52.7 Å². The highest BCUT2D eigenvalue weighted by Crippen LogP contribution is 2.32. The number of aromatic amines is 3. The molecule has 10 rings (SSSR count). The number of carbonyl (C=O) groups is 11. The largest absolute Gasteiger partial charge is 0.497 e. The molecule has 0 radical (unpaired) electrons. The predicted molar refractivity (Wildman–Crippen MR) is 336 cm³/mol. The van der Waals surface area contributed by atoms with Gasteiger partial charge in [-0.1, -0.05) is 24.3 Å². The Morgan fingerprint density at radius 2 is 1.32 bits per heavy atom. The van der Waals surface area contributed by atoms with E-state index in [1.54, 1.807) is 36.4 Å². The maximum atomic E-state index is 15.2. The highest BCUT2D eigenvalue weighted by molar-refractivity contribution is 6.01. The Hall–Kier alpha value is -10.8. The zero-order chi connectivity index (χ0) is 67.4. The van der Waals surface area contributed by atoms with Gasteiger partial charge in [0, 0.05) is 109 Å². The normalized spacial score (nSPS) is 23.1. The SMILES string of the molecule is COc1ccc(C[C@@H]2NC(=O)[C@H](Cc3cnc[nH]3)NC(=O)[C@H](CC(=O)O)NC(=O)[C@H](Cc3c[nH]c4ccc(F)cc34)CC(=O)[C@H](Cc3c[nH]c4ccc(F)cc34)NC(=O)[C@@H](C)NC(=O)CCCNC(=O)c3ccc(cc3)C[C@@H](C(N)=O)NC(=O)[C@]3(C)CCCN3C2=O)cc1. The Morgan fingerprint density at radius 3 is 1.95 bits per heavy atom. The van der Waals surface area contributed by atoms with Crippen LogP contribution >= 0.6 is 0 Å². The van der Waals surface area contributed by atoms with Gasteiger partial charge in [0.15, 0.2) is 5.78 Å². The van der Waals surface area contributed by atoms with Crippen LogP contribution in [0.4, 0.5) is 8.78 Å². The lowest BCUT2D eigenvalue weighted by Gasteiger charge is -2.37. The number of halogens is 2. The summed E-state index contributed by atoms with van der Waals surface area (Å²) < 4.78 is 35.0. The van der Waals surface area contributed by atoms with Gasteiger partial charge in [-0.25, -0.2) is 13.8 Å². The quantitative estimate of drug-likeness (QED) is 0.0783. The molecule has 28 heteroatoms. The first kappa shape index (κ1) is 67.6. The van der Waals surface area contributed by atoms with Crippen LogP contribution in [0.1, 0.15) is 90.7 Å². The third kappa shape index (κ3) is 16.8. The maximum absolute atomic E-state index is 15.2. The van der Waals surface area contributed by atoms with E-state index in [-0.39, 0.29) is 75.7 Å². The number of nitrogens with two attached hydrogens (primary N) is 1. The van der Waals surface area contributed by atoms with Gasteiger partial charge in [0.2, 0.25) is 47.3 Å². The predicted octanol–water partition coefficient (Wildman–Crippen LogP) is 2.54. The molecule has 13 N–H and O–H groups in total. The van der Waals surface area contributed by atoms with Gasteiger partial charge in [-0.2, -0.15) is 0 Å². The number of aromatic nitrogens is 4. The van der Waals surface area contributed by atoms with Gasteiger partial charge in [-0.15, -0.1) is 0 Å². The number of ketones is 1. The van der Waals surface area contributed by atoms with Crippen LogP contribution in [0, 0.1) is 17.6 Å². The second-order valence-electron chi connectivity index (χ2n) is 23.8. The summed E-state index contributed by atoms with van der Waals surface area (Å²) in [5.41, 5.74) is 7.38. The average Bonchev–Trinajstić information content (AvgIpc) is 1.59. The lowest BCUT2D eigenvalue weighted by atomic mass is 9.89. The van der Waals surface area contributed by atoms with Crippen LogP contribution in [0.3, 0.4) is 0 Å². The molecule has 3 aromatic heterocycles. The Bertz CT molecular complexity index is 3990. The molecule has 26 nitrogen and oxygen atoms in total. The first-order valence-electron chi connectivity index (χ1n) is 30.6. The van der Waals surface area contributed by atoms with Crippen molar-refractivity contribution in [1.29, 1.82) is 0 Å². The molecule has 0 spiro atoms. The number of benzene rings is 4. The molecule has 1 saturated heterocycles. The first-order chi connectivity index (χ1) is 44.9. The van der Waals surface area contributed by atoms with Crippen molar-refractivity contribution >= 4 is 86.7 Å². The summed E-state index contributed by atoms with van der Waals surface area (Å²) in [6, 6.07) is 11.3. The second kappa shape index (κ2) is 30.1. The minimum Gasteiger partial charge on any atom is -0.497 e. The number of carboxylic acids is 1. The lowest BCUT2D eigenvalue weighted by molar-refractivity contribution is -0.147. The summed E-state index contributed by atoms with van der Waals surface area (Å²) in [4.78, 5) is 170. The van der Waals surface area contributed by atoms with Crippen LogP contribution in [0.2, 0.25) is 0 Å². The second-order valence-corrected chi connectivity index (χ2v) is 23.8. The van der Waals surface area contributed by atoms with E-state index in [9.17, 15) is 47.4 Å². The topological polar surface area (TPSA) is 391 Å². The molecule has 0 unspecified atom stereocenters. The van der Waals surface area contributed by atoms with Crippen LogP contribution < -0.4 is 47.7 Å². The van der Waals surface area contributed by atoms with Crippen LogP contribution in [0.15, 0.2) is 110 Å². The van der Waals surface area contributed by atoms with Gasteiger partial charge in [0.1, 0.15) is 53.1 Å². The number of Topliss-reactive ketones (excluding diaryl/α,β-unsaturated/α-hetero) is 1. The van der Waals surface area contributed by atoms with Gasteiger partial charge in [0.05, 0.1) is 25.9 Å². The smallest absolute Gasteiger partial charge is 0.305 e. The number of hydrogen-bond donors (Lipinski definition) is 12. The lowest BCUT2D eigenvalue weighted by Crippen LogP contribution is -2.63. The minimum atomic E-state index is -1.98. The molecular weight excluding hydrogens is 1220 g/mol. The van der Waals surface area contributed by atoms with E-state index in [1.807, 2.05) is 0 Å². The number of aliphatic carboxylic acids is 1. The molecule has 494 valence electrons. The van der Waals surface area contributed by atoms with Gasteiger partial charge >= 0.3 is 5.97 Å². The first-order valence-corrected chi connectivity index (χ1v) is 30.6. The number of H-pyrrole nitrogens is 3. The van der Waals surface area contributed by atoms with E-state index >= 15 is 19.2 Å². The summed E-state index contributed by atoms with van der Waals surface area (Å²) in [5, 5.41) is 29.5. The molecule has 6 heterocycles. The number of hydrogen-bond acceptors (Lipinski definition) is 13. The number of nitrogens with zero attached hydrogens (tertiary/aromatic N) is 2. The number of rotatable bonds is 12. The highest BCUT2D eigenvalue weighted by Gasteiger charge is 2.49. The van der Waals surface area contributed by atoms with Crippen LogP contribution in [-0.4, -0.2) is 157 Å². The fourth-order valence-corrected chi connectivity index (χ4v) is 11.8. The van der Waals surface area contributed by atoms with Gasteiger partial charge < -0.3 is 72.6 Å². The van der Waals surface area contributed by atoms with Crippen molar-refractivity contribution in [1.82, 2.24) is 62.1 Å². The van der Waals surface area contributed by atoms with E-state index in [1.165, 1.54) is 99.3 Å². The van der Waals surface area contributed by atoms with E-state index in [4.69, 9.17) is 10.5 Å². The average molecular weight is 1290 g/mol. The zero-order valence-corrected chi connectivity index (χ0v) is 51.7. The summed E-state index contributed by atoms with van der Waals surface area (Å²) in [6.07, 6.45) is 2.91. The van der Waals surface area contributed by atoms with Crippen molar-refractivity contribution in [3.05, 3.63) is 155 Å². The number of amides is 9. The molecular formula is C66H73F2N13O13. The number of primary amides is 1. The Labute approximate surface area is 537 Å². The summed E-state index contributed by atoms with van der Waals surface area (Å²) in [7, 11) is 1.46. The number of carboxylic acid groups (broad SMARTS) is 1. The third-order valence-corrected chi connectivity index (χ3v) is 17.0. The molecule has 3 aliphatic heterocycles. The van der Waals surface area contributed by atoms with Crippen molar-refractivity contribution in [3.8, 4) is 5.75 Å². The van der Waals surface area contributed by atoms with Crippen molar-refractivity contribution in [2.24, 2.45) is 11.7 Å². The molecule has 7 aromatic rings. The van der Waals surface area contributed by atoms with E-state index in [0.29, 0.717) is 56.2 Å². The molecule has 0 saturated carbocycles. The molecule has 1 fully saturated rings. The maximum Gasteiger partial charge on any atom is 0.305 e. The van der Waals surface area contributed by atoms with Crippen LogP contribution in [0.5, 0.6) is 5.75 Å². The number of ether oxygens (including phenoxy) is 1. The third-order valence-electron chi connectivity index (χ3n) is 17.0. The molecule has 0 aliphatic carbocycles. The summed E-state index contributed by atoms with van der Waals surface area (Å²) in [5.74, 6) is -12.2. The number of methoxy groups -OCH3 is 1. The van der Waals surface area contributed by atoms with Crippen LogP contribution in [-0.2, 0) is 80.0 Å². The summed E-state index contributed by atoms with van der Waals surface area (Å²) in [6.45, 7) is 2.92. The minimum absolute atomic E-state index is 0.0180. The molecule has 94 heavy (non-hydrogen) atoms. The Balaban J connectivity index is 1.08. The number of fused-ring (bicyclic) bond motifs is 30.